The summed E-state index contributed by atoms with van der Waals surface area (Å²) in [6.45, 7) is 5.11. The molecule has 168 valence electrons. The number of ether oxygens (including phenoxy) is 1. The number of carbonyl (C=O) groups is 2. The Bertz CT molecular complexity index is 1180. The van der Waals surface area contributed by atoms with E-state index >= 15 is 0 Å². The summed E-state index contributed by atoms with van der Waals surface area (Å²) in [5.74, 6) is 0.0501. The minimum atomic E-state index is -0.109. The number of para-hydroxylation sites is 1. The zero-order chi connectivity index (χ0) is 22.8. The van der Waals surface area contributed by atoms with Gasteiger partial charge in [0.2, 0.25) is 0 Å². The van der Waals surface area contributed by atoms with Crippen molar-refractivity contribution in [1.29, 1.82) is 0 Å². The van der Waals surface area contributed by atoms with Gasteiger partial charge < -0.3 is 15.0 Å². The van der Waals surface area contributed by atoms with E-state index in [1.54, 1.807) is 4.90 Å². The molecule has 0 atom stereocenters. The van der Waals surface area contributed by atoms with Gasteiger partial charge in [0.05, 0.1) is 13.2 Å². The first-order valence-electron chi connectivity index (χ1n) is 11.3. The second kappa shape index (κ2) is 9.08. The van der Waals surface area contributed by atoms with E-state index in [1.807, 2.05) is 72.5 Å². The second-order valence-electron chi connectivity index (χ2n) is 8.47. The van der Waals surface area contributed by atoms with Crippen molar-refractivity contribution in [2.24, 2.45) is 0 Å². The Hall–Kier alpha value is -3.64. The lowest BCUT2D eigenvalue weighted by atomic mass is 10.0. The van der Waals surface area contributed by atoms with Gasteiger partial charge in [-0.05, 0) is 65.9 Å². The van der Waals surface area contributed by atoms with Gasteiger partial charge in [0, 0.05) is 36.6 Å². The number of aryl methyl sites for hydroxylation is 1. The van der Waals surface area contributed by atoms with Crippen LogP contribution in [0.5, 0.6) is 0 Å². The first kappa shape index (κ1) is 21.2. The number of benzene rings is 3. The van der Waals surface area contributed by atoms with Crippen LogP contribution in [-0.4, -0.2) is 49.7 Å². The molecule has 0 aromatic heterocycles. The van der Waals surface area contributed by atoms with Gasteiger partial charge in [0.25, 0.3) is 5.91 Å². The maximum absolute atomic E-state index is 12.9. The SMILES string of the molecule is Cc1ccccc1NC(=O)N1CCc2cc(-c3ccc(C(=O)N4CCOCC4)cc3)ccc21. The summed E-state index contributed by atoms with van der Waals surface area (Å²) in [6.07, 6.45) is 0.817. The molecule has 0 bridgehead atoms. The third-order valence-corrected chi connectivity index (χ3v) is 6.37. The summed E-state index contributed by atoms with van der Waals surface area (Å²) in [5, 5.41) is 3.03. The van der Waals surface area contributed by atoms with Gasteiger partial charge in [0.15, 0.2) is 0 Å². The minimum absolute atomic E-state index is 0.0501. The molecule has 0 spiro atoms. The zero-order valence-electron chi connectivity index (χ0n) is 18.7. The van der Waals surface area contributed by atoms with E-state index in [4.69, 9.17) is 4.74 Å². The Kier molecular flexibility index (Phi) is 5.84. The molecule has 5 rings (SSSR count). The molecule has 1 N–H and O–H groups in total. The molecule has 6 nitrogen and oxygen atoms in total. The zero-order valence-corrected chi connectivity index (χ0v) is 18.7. The van der Waals surface area contributed by atoms with E-state index in [-0.39, 0.29) is 11.9 Å². The molecule has 3 amide bonds. The van der Waals surface area contributed by atoms with Crippen LogP contribution in [0.1, 0.15) is 21.5 Å². The van der Waals surface area contributed by atoms with Crippen molar-refractivity contribution in [3.8, 4) is 11.1 Å². The smallest absolute Gasteiger partial charge is 0.326 e. The Morgan fingerprint density at radius 3 is 2.36 bits per heavy atom. The number of morpholine rings is 1. The lowest BCUT2D eigenvalue weighted by Gasteiger charge is -2.26. The number of nitrogens with zero attached hydrogens (tertiary/aromatic N) is 2. The van der Waals surface area contributed by atoms with Crippen molar-refractivity contribution in [2.45, 2.75) is 13.3 Å². The van der Waals surface area contributed by atoms with Gasteiger partial charge in [-0.25, -0.2) is 4.79 Å². The molecule has 2 heterocycles. The maximum atomic E-state index is 12.9. The number of amides is 3. The van der Waals surface area contributed by atoms with Gasteiger partial charge >= 0.3 is 6.03 Å². The number of hydrogen-bond acceptors (Lipinski definition) is 3. The summed E-state index contributed by atoms with van der Waals surface area (Å²) in [5.41, 5.74) is 6.81. The Labute approximate surface area is 193 Å². The van der Waals surface area contributed by atoms with Crippen LogP contribution >= 0.6 is 0 Å². The third kappa shape index (κ3) is 4.34. The van der Waals surface area contributed by atoms with Crippen LogP contribution in [0.3, 0.4) is 0 Å². The van der Waals surface area contributed by atoms with Crippen molar-refractivity contribution in [2.75, 3.05) is 43.1 Å². The van der Waals surface area contributed by atoms with Crippen molar-refractivity contribution in [3.63, 3.8) is 0 Å². The topological polar surface area (TPSA) is 61.9 Å². The molecular weight excluding hydrogens is 414 g/mol. The monoisotopic (exact) mass is 441 g/mol. The fraction of sp³-hybridized carbons (Fsp3) is 0.259. The predicted molar refractivity (Wildman–Crippen MR) is 130 cm³/mol. The molecule has 1 fully saturated rings. The summed E-state index contributed by atoms with van der Waals surface area (Å²) < 4.78 is 5.33. The van der Waals surface area contributed by atoms with Crippen molar-refractivity contribution < 1.29 is 14.3 Å². The van der Waals surface area contributed by atoms with Gasteiger partial charge in [-0.1, -0.05) is 36.4 Å². The quantitative estimate of drug-likeness (QED) is 0.639. The lowest BCUT2D eigenvalue weighted by Crippen LogP contribution is -2.40. The highest BCUT2D eigenvalue weighted by Gasteiger charge is 2.25. The Morgan fingerprint density at radius 1 is 0.879 bits per heavy atom. The summed E-state index contributed by atoms with van der Waals surface area (Å²) in [4.78, 5) is 29.2. The van der Waals surface area contributed by atoms with Gasteiger partial charge in [-0.3, -0.25) is 9.69 Å². The van der Waals surface area contributed by atoms with Crippen LogP contribution < -0.4 is 10.2 Å². The average Bonchev–Trinajstić information content (AvgIpc) is 3.29. The Morgan fingerprint density at radius 2 is 1.61 bits per heavy atom. The van der Waals surface area contributed by atoms with E-state index in [9.17, 15) is 9.59 Å². The molecule has 6 heteroatoms. The van der Waals surface area contributed by atoms with Crippen molar-refractivity contribution in [1.82, 2.24) is 4.90 Å². The molecule has 0 radical (unpaired) electrons. The molecule has 1 saturated heterocycles. The highest BCUT2D eigenvalue weighted by molar-refractivity contribution is 6.03. The molecule has 3 aromatic carbocycles. The molecule has 0 aliphatic carbocycles. The number of fused-ring (bicyclic) bond motifs is 1. The van der Waals surface area contributed by atoms with Crippen LogP contribution in [0.25, 0.3) is 11.1 Å². The van der Waals surface area contributed by atoms with Crippen LogP contribution in [0.4, 0.5) is 16.2 Å². The highest BCUT2D eigenvalue weighted by Crippen LogP contribution is 2.33. The van der Waals surface area contributed by atoms with Crippen LogP contribution in [0.15, 0.2) is 66.7 Å². The van der Waals surface area contributed by atoms with Crippen LogP contribution in [-0.2, 0) is 11.2 Å². The fourth-order valence-corrected chi connectivity index (χ4v) is 4.44. The van der Waals surface area contributed by atoms with Gasteiger partial charge in [0.1, 0.15) is 0 Å². The molecule has 2 aliphatic rings. The number of rotatable bonds is 3. The van der Waals surface area contributed by atoms with E-state index < -0.39 is 0 Å². The normalized spacial score (nSPS) is 15.3. The molecule has 0 saturated carbocycles. The van der Waals surface area contributed by atoms with E-state index in [0.717, 1.165) is 40.0 Å². The van der Waals surface area contributed by atoms with E-state index in [2.05, 4.69) is 11.4 Å². The lowest BCUT2D eigenvalue weighted by molar-refractivity contribution is 0.0303. The standard InChI is InChI=1S/C27H27N3O3/c1-19-4-2-3-5-24(19)28-27(32)30-13-12-23-18-22(10-11-25(23)30)20-6-8-21(9-7-20)26(31)29-14-16-33-17-15-29/h2-11,18H,12-17H2,1H3,(H,28,32). The Balaban J connectivity index is 1.30. The summed E-state index contributed by atoms with van der Waals surface area (Å²) in [6, 6.07) is 21.6. The number of carbonyl (C=O) groups excluding carboxylic acids is 2. The van der Waals surface area contributed by atoms with Crippen LogP contribution in [0, 0.1) is 6.92 Å². The highest BCUT2D eigenvalue weighted by atomic mass is 16.5. The van der Waals surface area contributed by atoms with Crippen LogP contribution in [0.2, 0.25) is 0 Å². The van der Waals surface area contributed by atoms with Gasteiger partial charge in [-0.15, -0.1) is 0 Å². The first-order chi connectivity index (χ1) is 16.1. The molecule has 0 unspecified atom stereocenters. The number of urea groups is 1. The molecular formula is C27H27N3O3. The third-order valence-electron chi connectivity index (χ3n) is 6.37. The maximum Gasteiger partial charge on any atom is 0.326 e. The molecule has 2 aliphatic heterocycles. The average molecular weight is 442 g/mol. The van der Waals surface area contributed by atoms with Crippen molar-refractivity contribution >= 4 is 23.3 Å². The van der Waals surface area contributed by atoms with E-state index in [0.29, 0.717) is 38.4 Å². The molecule has 3 aromatic rings. The van der Waals surface area contributed by atoms with Gasteiger partial charge in [-0.2, -0.15) is 0 Å². The summed E-state index contributed by atoms with van der Waals surface area (Å²) in [7, 11) is 0. The van der Waals surface area contributed by atoms with E-state index in [1.165, 1.54) is 0 Å². The summed E-state index contributed by atoms with van der Waals surface area (Å²) >= 11 is 0. The number of hydrogen-bond donors (Lipinski definition) is 1. The minimum Gasteiger partial charge on any atom is -0.378 e. The number of nitrogens with one attached hydrogen (secondary N) is 1. The first-order valence-corrected chi connectivity index (χ1v) is 11.3. The fourth-order valence-electron chi connectivity index (χ4n) is 4.44. The number of anilines is 2. The van der Waals surface area contributed by atoms with Crippen molar-refractivity contribution in [3.05, 3.63) is 83.4 Å². The molecule has 33 heavy (non-hydrogen) atoms. The second-order valence-corrected chi connectivity index (χ2v) is 8.47. The predicted octanol–water partition coefficient (Wildman–Crippen LogP) is 4.73. The largest absolute Gasteiger partial charge is 0.378 e.